The van der Waals surface area contributed by atoms with Crippen LogP contribution in [0.4, 0.5) is 11.4 Å². The summed E-state index contributed by atoms with van der Waals surface area (Å²) >= 11 is 0. The molecule has 8 nitrogen and oxygen atoms in total. The van der Waals surface area contributed by atoms with Crippen LogP contribution < -0.4 is 10.2 Å². The highest BCUT2D eigenvalue weighted by molar-refractivity contribution is 7.89. The Hall–Kier alpha value is -2.75. The number of aryl methyl sites for hydroxylation is 2. The van der Waals surface area contributed by atoms with Gasteiger partial charge < -0.3 is 15.0 Å². The van der Waals surface area contributed by atoms with Gasteiger partial charge in [-0.2, -0.15) is 4.31 Å². The van der Waals surface area contributed by atoms with Gasteiger partial charge in [-0.25, -0.2) is 8.42 Å². The number of carbonyl (C=O) groups is 2. The maximum absolute atomic E-state index is 12.8. The first-order valence-corrected chi connectivity index (χ1v) is 12.1. The summed E-state index contributed by atoms with van der Waals surface area (Å²) in [4.78, 5) is 27.1. The van der Waals surface area contributed by atoms with Crippen LogP contribution >= 0.6 is 0 Å². The van der Waals surface area contributed by atoms with E-state index >= 15 is 0 Å². The van der Waals surface area contributed by atoms with Crippen LogP contribution in [0.2, 0.25) is 0 Å². The molecule has 2 heterocycles. The third-order valence-electron chi connectivity index (χ3n) is 5.74. The lowest BCUT2D eigenvalue weighted by Gasteiger charge is -2.26. The van der Waals surface area contributed by atoms with Crippen LogP contribution in [-0.4, -0.2) is 57.4 Å². The van der Waals surface area contributed by atoms with E-state index in [0.29, 0.717) is 38.5 Å². The van der Waals surface area contributed by atoms with Gasteiger partial charge in [0.2, 0.25) is 21.8 Å². The SMILES string of the molecule is Cc1cc(C)cc(N2CC(C(=O)Nc3ccc(S(=O)(=O)N4CCOCC4)cc3)CC2=O)c1. The molecule has 0 radical (unpaired) electrons. The Morgan fingerprint density at radius 1 is 1.03 bits per heavy atom. The molecule has 32 heavy (non-hydrogen) atoms. The maximum atomic E-state index is 12.8. The second kappa shape index (κ2) is 9.01. The third kappa shape index (κ3) is 4.69. The molecule has 1 unspecified atom stereocenters. The van der Waals surface area contributed by atoms with Crippen molar-refractivity contribution in [2.24, 2.45) is 5.92 Å². The Balaban J connectivity index is 1.41. The van der Waals surface area contributed by atoms with Crippen LogP contribution in [0.5, 0.6) is 0 Å². The minimum absolute atomic E-state index is 0.0814. The van der Waals surface area contributed by atoms with Gasteiger partial charge in [-0.15, -0.1) is 0 Å². The van der Waals surface area contributed by atoms with E-state index < -0.39 is 15.9 Å². The molecule has 9 heteroatoms. The van der Waals surface area contributed by atoms with Crippen molar-refractivity contribution in [2.75, 3.05) is 43.1 Å². The van der Waals surface area contributed by atoms with Crippen molar-refractivity contribution >= 4 is 33.2 Å². The molecule has 2 aliphatic heterocycles. The fourth-order valence-electron chi connectivity index (χ4n) is 4.13. The average molecular weight is 458 g/mol. The van der Waals surface area contributed by atoms with Crippen molar-refractivity contribution in [1.82, 2.24) is 4.31 Å². The molecular formula is C23H27N3O5S. The average Bonchev–Trinajstić information content (AvgIpc) is 3.16. The Morgan fingerprint density at radius 3 is 2.28 bits per heavy atom. The van der Waals surface area contributed by atoms with Crippen LogP contribution in [0.25, 0.3) is 0 Å². The molecule has 0 spiro atoms. The minimum atomic E-state index is -3.59. The highest BCUT2D eigenvalue weighted by atomic mass is 32.2. The summed E-state index contributed by atoms with van der Waals surface area (Å²) in [5.74, 6) is -0.809. The standard InChI is InChI=1S/C23H27N3O5S/c1-16-11-17(2)13-20(12-16)26-15-18(14-22(26)27)23(28)24-19-3-5-21(6-4-19)32(29,30)25-7-9-31-10-8-25/h3-6,11-13,18H,7-10,14-15H2,1-2H3,(H,24,28). The fourth-order valence-corrected chi connectivity index (χ4v) is 5.54. The number of morpholine rings is 1. The number of benzene rings is 2. The monoisotopic (exact) mass is 457 g/mol. The van der Waals surface area contributed by atoms with Crippen LogP contribution in [-0.2, 0) is 24.3 Å². The van der Waals surface area contributed by atoms with Gasteiger partial charge in [0.1, 0.15) is 0 Å². The molecule has 2 amide bonds. The predicted octanol–water partition coefficient (Wildman–Crippen LogP) is 2.32. The number of sulfonamides is 1. The van der Waals surface area contributed by atoms with Gasteiger partial charge >= 0.3 is 0 Å². The Labute approximate surface area is 188 Å². The van der Waals surface area contributed by atoms with E-state index in [1.807, 2.05) is 32.0 Å². The van der Waals surface area contributed by atoms with E-state index in [1.165, 1.54) is 16.4 Å². The summed E-state index contributed by atoms with van der Waals surface area (Å²) in [6, 6.07) is 12.0. The summed E-state index contributed by atoms with van der Waals surface area (Å²) in [5, 5.41) is 2.81. The molecule has 0 saturated carbocycles. The van der Waals surface area contributed by atoms with Gasteiger partial charge in [-0.05, 0) is 61.4 Å². The number of anilines is 2. The molecular weight excluding hydrogens is 430 g/mol. The van der Waals surface area contributed by atoms with E-state index in [-0.39, 0.29) is 23.1 Å². The highest BCUT2D eigenvalue weighted by Gasteiger charge is 2.35. The van der Waals surface area contributed by atoms with Gasteiger partial charge in [0.15, 0.2) is 0 Å². The summed E-state index contributed by atoms with van der Waals surface area (Å²) < 4.78 is 32.1. The number of ether oxygens (including phenoxy) is 1. The van der Waals surface area contributed by atoms with Crippen LogP contribution in [0, 0.1) is 19.8 Å². The van der Waals surface area contributed by atoms with Gasteiger partial charge in [-0.1, -0.05) is 6.07 Å². The lowest BCUT2D eigenvalue weighted by atomic mass is 10.1. The topological polar surface area (TPSA) is 96.0 Å². The molecule has 0 aromatic heterocycles. The van der Waals surface area contributed by atoms with Crippen molar-refractivity contribution in [1.29, 1.82) is 0 Å². The second-order valence-corrected chi connectivity index (χ2v) is 10.2. The highest BCUT2D eigenvalue weighted by Crippen LogP contribution is 2.28. The lowest BCUT2D eigenvalue weighted by Crippen LogP contribution is -2.40. The molecule has 170 valence electrons. The van der Waals surface area contributed by atoms with Gasteiger partial charge in [0, 0.05) is 37.4 Å². The number of hydrogen-bond acceptors (Lipinski definition) is 5. The Bertz CT molecular complexity index is 1100. The number of rotatable bonds is 5. The fraction of sp³-hybridized carbons (Fsp3) is 0.391. The molecule has 2 aromatic carbocycles. The zero-order valence-corrected chi connectivity index (χ0v) is 19.0. The molecule has 2 aromatic rings. The molecule has 4 rings (SSSR count). The summed E-state index contributed by atoms with van der Waals surface area (Å²) in [6.07, 6.45) is 0.141. The third-order valence-corrected chi connectivity index (χ3v) is 7.66. The molecule has 2 saturated heterocycles. The van der Waals surface area contributed by atoms with Crippen molar-refractivity contribution < 1.29 is 22.7 Å². The van der Waals surface area contributed by atoms with Crippen molar-refractivity contribution in [3.8, 4) is 0 Å². The molecule has 0 aliphatic carbocycles. The first-order chi connectivity index (χ1) is 15.2. The first-order valence-electron chi connectivity index (χ1n) is 10.6. The van der Waals surface area contributed by atoms with Gasteiger partial charge in [-0.3, -0.25) is 9.59 Å². The second-order valence-electron chi connectivity index (χ2n) is 8.28. The molecule has 0 bridgehead atoms. The van der Waals surface area contributed by atoms with E-state index in [2.05, 4.69) is 5.32 Å². The maximum Gasteiger partial charge on any atom is 0.243 e. The molecule has 1 atom stereocenters. The van der Waals surface area contributed by atoms with Crippen LogP contribution in [0.1, 0.15) is 17.5 Å². The van der Waals surface area contributed by atoms with E-state index in [0.717, 1.165) is 16.8 Å². The van der Waals surface area contributed by atoms with Gasteiger partial charge in [0.05, 0.1) is 24.0 Å². The lowest BCUT2D eigenvalue weighted by molar-refractivity contribution is -0.122. The van der Waals surface area contributed by atoms with E-state index in [9.17, 15) is 18.0 Å². The zero-order valence-electron chi connectivity index (χ0n) is 18.2. The Kier molecular flexibility index (Phi) is 6.32. The summed E-state index contributed by atoms with van der Waals surface area (Å²) in [6.45, 7) is 5.69. The van der Waals surface area contributed by atoms with E-state index in [4.69, 9.17) is 4.74 Å². The van der Waals surface area contributed by atoms with Crippen molar-refractivity contribution in [2.45, 2.75) is 25.2 Å². The number of nitrogens with one attached hydrogen (secondary N) is 1. The summed E-state index contributed by atoms with van der Waals surface area (Å²) in [7, 11) is -3.59. The molecule has 1 N–H and O–H groups in total. The molecule has 2 fully saturated rings. The summed E-state index contributed by atoms with van der Waals surface area (Å²) in [5.41, 5.74) is 3.43. The zero-order chi connectivity index (χ0) is 22.9. The van der Waals surface area contributed by atoms with Crippen LogP contribution in [0.15, 0.2) is 47.4 Å². The quantitative estimate of drug-likeness (QED) is 0.743. The molecule has 2 aliphatic rings. The normalized spacial score (nSPS) is 19.9. The minimum Gasteiger partial charge on any atom is -0.379 e. The predicted molar refractivity (Wildman–Crippen MR) is 121 cm³/mol. The van der Waals surface area contributed by atoms with Crippen molar-refractivity contribution in [3.05, 3.63) is 53.6 Å². The number of carbonyl (C=O) groups excluding carboxylic acids is 2. The number of nitrogens with zero attached hydrogens (tertiary/aromatic N) is 2. The van der Waals surface area contributed by atoms with Gasteiger partial charge in [0.25, 0.3) is 0 Å². The number of hydrogen-bond donors (Lipinski definition) is 1. The first kappa shape index (κ1) is 22.4. The van der Waals surface area contributed by atoms with Crippen molar-refractivity contribution in [3.63, 3.8) is 0 Å². The van der Waals surface area contributed by atoms with E-state index in [1.54, 1.807) is 17.0 Å². The Morgan fingerprint density at radius 2 is 1.66 bits per heavy atom. The smallest absolute Gasteiger partial charge is 0.243 e. The van der Waals surface area contributed by atoms with Crippen LogP contribution in [0.3, 0.4) is 0 Å². The number of amides is 2. The largest absolute Gasteiger partial charge is 0.379 e.